The second-order valence-corrected chi connectivity index (χ2v) is 8.82. The first-order chi connectivity index (χ1) is 13.7. The molecule has 2 saturated heterocycles. The Bertz CT molecular complexity index is 580. The Morgan fingerprint density at radius 1 is 1.17 bits per heavy atom. The third-order valence-corrected chi connectivity index (χ3v) is 6.92. The van der Waals surface area contributed by atoms with Crippen LogP contribution in [-0.4, -0.2) is 86.7 Å². The Balaban J connectivity index is 0.00000300. The maximum Gasteiger partial charge on any atom is 0.191 e. The van der Waals surface area contributed by atoms with Crippen molar-refractivity contribution >= 4 is 46.3 Å². The van der Waals surface area contributed by atoms with Crippen LogP contribution in [0.1, 0.15) is 33.6 Å². The standard InChI is InChI=1S/C21H38N6S.HI/c1-4-22-21(23-17-18(3)26-14-12-25(5-2)13-15-26)24-19-8-10-27(11-9-19)20-7-6-16-28-20;/h6-7,16,18-19H,4-5,8-15,17H2,1-3H3,(H2,22,23,24);1H. The monoisotopic (exact) mass is 534 g/mol. The molecular formula is C21H39IN6S. The Morgan fingerprint density at radius 2 is 1.90 bits per heavy atom. The lowest BCUT2D eigenvalue weighted by Crippen LogP contribution is -2.51. The van der Waals surface area contributed by atoms with Crippen molar-refractivity contribution in [2.45, 2.75) is 45.7 Å². The van der Waals surface area contributed by atoms with Gasteiger partial charge < -0.3 is 20.4 Å². The second kappa shape index (κ2) is 13.0. The first-order valence-corrected chi connectivity index (χ1v) is 11.9. The summed E-state index contributed by atoms with van der Waals surface area (Å²) in [5.41, 5.74) is 0. The van der Waals surface area contributed by atoms with Gasteiger partial charge in [0.05, 0.1) is 11.5 Å². The fourth-order valence-corrected chi connectivity index (χ4v) is 4.85. The highest BCUT2D eigenvalue weighted by atomic mass is 127. The van der Waals surface area contributed by atoms with E-state index in [9.17, 15) is 0 Å². The Kier molecular flexibility index (Phi) is 11.0. The largest absolute Gasteiger partial charge is 0.363 e. The fraction of sp³-hybridized carbons (Fsp3) is 0.762. The molecule has 3 heterocycles. The number of anilines is 1. The van der Waals surface area contributed by atoms with Crippen LogP contribution < -0.4 is 15.5 Å². The molecule has 1 aromatic rings. The van der Waals surface area contributed by atoms with Gasteiger partial charge in [-0.15, -0.1) is 35.3 Å². The fourth-order valence-electron chi connectivity index (χ4n) is 4.07. The van der Waals surface area contributed by atoms with Crippen molar-refractivity contribution < 1.29 is 0 Å². The zero-order valence-electron chi connectivity index (χ0n) is 18.3. The zero-order chi connectivity index (χ0) is 19.8. The van der Waals surface area contributed by atoms with E-state index in [1.165, 1.54) is 24.6 Å². The van der Waals surface area contributed by atoms with Crippen LogP contribution in [0.15, 0.2) is 22.5 Å². The minimum absolute atomic E-state index is 0. The average Bonchev–Trinajstić information content (AvgIpc) is 3.27. The molecule has 1 unspecified atom stereocenters. The van der Waals surface area contributed by atoms with Gasteiger partial charge in [0.1, 0.15) is 0 Å². The van der Waals surface area contributed by atoms with Gasteiger partial charge in [-0.2, -0.15) is 0 Å². The van der Waals surface area contributed by atoms with Crippen molar-refractivity contribution in [1.82, 2.24) is 20.4 Å². The lowest BCUT2D eigenvalue weighted by Gasteiger charge is -2.37. The van der Waals surface area contributed by atoms with E-state index in [1.54, 1.807) is 0 Å². The number of guanidine groups is 1. The van der Waals surface area contributed by atoms with E-state index < -0.39 is 0 Å². The minimum atomic E-state index is 0. The van der Waals surface area contributed by atoms with Gasteiger partial charge in [-0.1, -0.05) is 6.92 Å². The van der Waals surface area contributed by atoms with Gasteiger partial charge in [-0.3, -0.25) is 9.89 Å². The van der Waals surface area contributed by atoms with Crippen molar-refractivity contribution in [3.63, 3.8) is 0 Å². The van der Waals surface area contributed by atoms with Crippen molar-refractivity contribution in [2.75, 3.05) is 63.8 Å². The number of aliphatic imine (C=N–C) groups is 1. The van der Waals surface area contributed by atoms with Crippen molar-refractivity contribution in [3.8, 4) is 0 Å². The van der Waals surface area contributed by atoms with Crippen LogP contribution in [0.25, 0.3) is 0 Å². The number of likely N-dealkylation sites (N-methyl/N-ethyl adjacent to an activating group) is 1. The molecule has 1 atom stereocenters. The molecule has 0 aromatic carbocycles. The highest BCUT2D eigenvalue weighted by Crippen LogP contribution is 2.24. The maximum absolute atomic E-state index is 4.92. The summed E-state index contributed by atoms with van der Waals surface area (Å²) < 4.78 is 0. The number of piperazine rings is 1. The van der Waals surface area contributed by atoms with Crippen molar-refractivity contribution in [1.29, 1.82) is 0 Å². The molecule has 2 aliphatic heterocycles. The van der Waals surface area contributed by atoms with Crippen molar-refractivity contribution in [3.05, 3.63) is 17.5 Å². The van der Waals surface area contributed by atoms with Gasteiger partial charge in [0.2, 0.25) is 0 Å². The van der Waals surface area contributed by atoms with E-state index in [0.29, 0.717) is 12.1 Å². The van der Waals surface area contributed by atoms with E-state index >= 15 is 0 Å². The molecule has 2 aliphatic rings. The number of hydrogen-bond acceptors (Lipinski definition) is 5. The molecule has 29 heavy (non-hydrogen) atoms. The zero-order valence-corrected chi connectivity index (χ0v) is 21.4. The van der Waals surface area contributed by atoms with E-state index in [2.05, 4.69) is 63.6 Å². The van der Waals surface area contributed by atoms with Gasteiger partial charge >= 0.3 is 0 Å². The van der Waals surface area contributed by atoms with Crippen LogP contribution in [0.2, 0.25) is 0 Å². The van der Waals surface area contributed by atoms with Crippen LogP contribution in [0.5, 0.6) is 0 Å². The van der Waals surface area contributed by atoms with E-state index in [4.69, 9.17) is 4.99 Å². The van der Waals surface area contributed by atoms with Gasteiger partial charge in [0.15, 0.2) is 5.96 Å². The summed E-state index contributed by atoms with van der Waals surface area (Å²) in [6.45, 7) is 16.6. The molecule has 0 spiro atoms. The Morgan fingerprint density at radius 3 is 2.48 bits per heavy atom. The van der Waals surface area contributed by atoms with Gasteiger partial charge in [0, 0.05) is 57.9 Å². The third kappa shape index (κ3) is 7.56. The number of nitrogens with zero attached hydrogens (tertiary/aromatic N) is 4. The predicted octanol–water partition coefficient (Wildman–Crippen LogP) is 2.92. The SMILES string of the molecule is CCNC(=NCC(C)N1CCN(CC)CC1)NC1CCN(c2cccs2)CC1.I. The number of thiophene rings is 1. The molecule has 0 saturated carbocycles. The van der Waals surface area contributed by atoms with Crippen molar-refractivity contribution in [2.24, 2.45) is 4.99 Å². The smallest absolute Gasteiger partial charge is 0.191 e. The van der Waals surface area contributed by atoms with Crippen LogP contribution in [0.4, 0.5) is 5.00 Å². The number of nitrogens with one attached hydrogen (secondary N) is 2. The number of piperidine rings is 1. The summed E-state index contributed by atoms with van der Waals surface area (Å²) in [6.07, 6.45) is 2.33. The number of rotatable bonds is 7. The first kappa shape index (κ1) is 24.7. The van der Waals surface area contributed by atoms with E-state index in [0.717, 1.165) is 58.1 Å². The summed E-state index contributed by atoms with van der Waals surface area (Å²) >= 11 is 1.84. The molecule has 2 fully saturated rings. The third-order valence-electron chi connectivity index (χ3n) is 5.99. The maximum atomic E-state index is 4.92. The molecule has 0 radical (unpaired) electrons. The molecule has 8 heteroatoms. The minimum Gasteiger partial charge on any atom is -0.363 e. The molecule has 6 nitrogen and oxygen atoms in total. The summed E-state index contributed by atoms with van der Waals surface area (Å²) in [7, 11) is 0. The molecule has 0 aliphatic carbocycles. The summed E-state index contributed by atoms with van der Waals surface area (Å²) in [5.74, 6) is 0.983. The lowest BCUT2D eigenvalue weighted by molar-refractivity contribution is 0.109. The second-order valence-electron chi connectivity index (χ2n) is 7.90. The van der Waals surface area contributed by atoms with Gasteiger partial charge in [-0.05, 0) is 50.7 Å². The highest BCUT2D eigenvalue weighted by molar-refractivity contribution is 14.0. The molecule has 2 N–H and O–H groups in total. The molecule has 0 bridgehead atoms. The average molecular weight is 535 g/mol. The molecule has 1 aromatic heterocycles. The van der Waals surface area contributed by atoms with E-state index in [1.807, 2.05) is 11.3 Å². The predicted molar refractivity (Wildman–Crippen MR) is 137 cm³/mol. The normalized spacial score (nSPS) is 20.9. The Labute approximate surface area is 198 Å². The summed E-state index contributed by atoms with van der Waals surface area (Å²) in [4.78, 5) is 12.5. The van der Waals surface area contributed by atoms with Crippen LogP contribution in [0, 0.1) is 0 Å². The van der Waals surface area contributed by atoms with Gasteiger partial charge in [-0.25, -0.2) is 0 Å². The molecule has 0 amide bonds. The molecule has 166 valence electrons. The van der Waals surface area contributed by atoms with Gasteiger partial charge in [0.25, 0.3) is 0 Å². The molecule has 3 rings (SSSR count). The lowest BCUT2D eigenvalue weighted by atomic mass is 10.1. The highest BCUT2D eigenvalue weighted by Gasteiger charge is 2.22. The summed E-state index contributed by atoms with van der Waals surface area (Å²) in [5, 5.41) is 10.7. The number of hydrogen-bond donors (Lipinski definition) is 2. The molecular weight excluding hydrogens is 495 g/mol. The quantitative estimate of drug-likeness (QED) is 0.320. The first-order valence-electron chi connectivity index (χ1n) is 11.0. The van der Waals surface area contributed by atoms with Crippen LogP contribution in [-0.2, 0) is 0 Å². The Hall–Kier alpha value is -0.580. The van der Waals surface area contributed by atoms with Crippen LogP contribution in [0.3, 0.4) is 0 Å². The number of halogens is 1. The topological polar surface area (TPSA) is 46.1 Å². The summed E-state index contributed by atoms with van der Waals surface area (Å²) in [6, 6.07) is 5.38. The van der Waals surface area contributed by atoms with E-state index in [-0.39, 0.29) is 24.0 Å². The van der Waals surface area contributed by atoms with Crippen LogP contribution >= 0.6 is 35.3 Å².